The van der Waals surface area contributed by atoms with Crippen LogP contribution in [0.5, 0.6) is 0 Å². The number of aromatic nitrogens is 2. The van der Waals surface area contributed by atoms with Crippen LogP contribution < -0.4 is 10.6 Å². The summed E-state index contributed by atoms with van der Waals surface area (Å²) in [5, 5.41) is 6.49. The van der Waals surface area contributed by atoms with Crippen molar-refractivity contribution in [2.24, 2.45) is 0 Å². The van der Waals surface area contributed by atoms with E-state index >= 15 is 0 Å². The van der Waals surface area contributed by atoms with E-state index in [2.05, 4.69) is 20.6 Å². The van der Waals surface area contributed by atoms with Crippen LogP contribution in [0.2, 0.25) is 5.02 Å². The molecule has 1 heterocycles. The number of halogens is 3. The maximum atomic E-state index is 13.6. The Kier molecular flexibility index (Phi) is 4.34. The summed E-state index contributed by atoms with van der Waals surface area (Å²) in [6, 6.07) is 12.0. The van der Waals surface area contributed by atoms with Crippen molar-refractivity contribution in [2.45, 2.75) is 0 Å². The van der Waals surface area contributed by atoms with Gasteiger partial charge in [0.05, 0.1) is 5.69 Å². The number of benzene rings is 2. The van der Waals surface area contributed by atoms with Crippen molar-refractivity contribution in [3.05, 3.63) is 71.5 Å². The topological polar surface area (TPSA) is 49.8 Å². The van der Waals surface area contributed by atoms with Crippen molar-refractivity contribution in [3.8, 4) is 0 Å². The highest BCUT2D eigenvalue weighted by atomic mass is 35.5. The molecule has 1 aromatic heterocycles. The Morgan fingerprint density at radius 1 is 0.826 bits per heavy atom. The molecule has 0 spiro atoms. The van der Waals surface area contributed by atoms with Gasteiger partial charge in [-0.25, -0.2) is 18.7 Å². The predicted molar refractivity (Wildman–Crippen MR) is 86.4 cm³/mol. The fourth-order valence-corrected chi connectivity index (χ4v) is 2.03. The molecule has 0 saturated carbocycles. The summed E-state index contributed by atoms with van der Waals surface area (Å²) in [6.45, 7) is 0. The molecule has 0 radical (unpaired) electrons. The molecule has 2 N–H and O–H groups in total. The highest BCUT2D eigenvalue weighted by Gasteiger charge is 2.06. The standard InChI is InChI=1S/C16H11ClF2N4/c17-10-1-4-12(5-2-10)22-15-8-16(21-9-20-15)23-14-6-3-11(18)7-13(14)19/h1-9H,(H2,20,21,22,23). The average Bonchev–Trinajstić information content (AvgIpc) is 2.53. The van der Waals surface area contributed by atoms with Gasteiger partial charge in [-0.1, -0.05) is 11.6 Å². The summed E-state index contributed by atoms with van der Waals surface area (Å²) >= 11 is 5.83. The molecule has 0 unspecified atom stereocenters. The SMILES string of the molecule is Fc1ccc(Nc2cc(Nc3ccc(Cl)cc3)ncn2)c(F)c1. The molecule has 3 aromatic rings. The lowest BCUT2D eigenvalue weighted by Crippen LogP contribution is -2.00. The van der Waals surface area contributed by atoms with Crippen LogP contribution in [0.25, 0.3) is 0 Å². The van der Waals surface area contributed by atoms with E-state index < -0.39 is 11.6 Å². The fraction of sp³-hybridized carbons (Fsp3) is 0. The van der Waals surface area contributed by atoms with E-state index in [9.17, 15) is 8.78 Å². The molecule has 0 aliphatic carbocycles. The van der Waals surface area contributed by atoms with Crippen molar-refractivity contribution in [1.29, 1.82) is 0 Å². The van der Waals surface area contributed by atoms with Gasteiger partial charge in [0, 0.05) is 22.8 Å². The first kappa shape index (κ1) is 15.2. The predicted octanol–water partition coefficient (Wildman–Crippen LogP) is 4.90. The van der Waals surface area contributed by atoms with Crippen LogP contribution in [-0.4, -0.2) is 9.97 Å². The average molecular weight is 333 g/mol. The van der Waals surface area contributed by atoms with Gasteiger partial charge in [0.2, 0.25) is 0 Å². The summed E-state index contributed by atoms with van der Waals surface area (Å²) in [5.74, 6) is -0.439. The molecule has 116 valence electrons. The third-order valence-corrected chi connectivity index (χ3v) is 3.23. The molecule has 4 nitrogen and oxygen atoms in total. The summed E-state index contributed by atoms with van der Waals surface area (Å²) < 4.78 is 26.6. The first-order valence-corrected chi connectivity index (χ1v) is 7.05. The third-order valence-electron chi connectivity index (χ3n) is 2.98. The molecular formula is C16H11ClF2N4. The first-order valence-electron chi connectivity index (χ1n) is 6.67. The van der Waals surface area contributed by atoms with E-state index in [4.69, 9.17) is 11.6 Å². The van der Waals surface area contributed by atoms with Gasteiger partial charge in [-0.2, -0.15) is 0 Å². The smallest absolute Gasteiger partial charge is 0.149 e. The van der Waals surface area contributed by atoms with Gasteiger partial charge < -0.3 is 10.6 Å². The van der Waals surface area contributed by atoms with Crippen molar-refractivity contribution in [2.75, 3.05) is 10.6 Å². The van der Waals surface area contributed by atoms with Crippen molar-refractivity contribution < 1.29 is 8.78 Å². The molecule has 0 aliphatic heterocycles. The van der Waals surface area contributed by atoms with Crippen LogP contribution in [0.3, 0.4) is 0 Å². The normalized spacial score (nSPS) is 10.4. The van der Waals surface area contributed by atoms with E-state index in [0.29, 0.717) is 16.7 Å². The number of hydrogen-bond donors (Lipinski definition) is 2. The van der Waals surface area contributed by atoms with Gasteiger partial charge in [-0.3, -0.25) is 0 Å². The van der Waals surface area contributed by atoms with E-state index in [1.807, 2.05) is 0 Å². The minimum atomic E-state index is -0.698. The van der Waals surface area contributed by atoms with Crippen molar-refractivity contribution >= 4 is 34.6 Å². The molecule has 0 fully saturated rings. The Morgan fingerprint density at radius 3 is 2.22 bits per heavy atom. The Balaban J connectivity index is 1.78. The Labute approximate surface area is 136 Å². The zero-order valence-electron chi connectivity index (χ0n) is 11.7. The van der Waals surface area contributed by atoms with Crippen LogP contribution in [-0.2, 0) is 0 Å². The zero-order valence-corrected chi connectivity index (χ0v) is 12.5. The largest absolute Gasteiger partial charge is 0.340 e. The van der Waals surface area contributed by atoms with Crippen LogP contribution in [0, 0.1) is 11.6 Å². The number of nitrogens with zero attached hydrogens (tertiary/aromatic N) is 2. The minimum Gasteiger partial charge on any atom is -0.340 e. The number of hydrogen-bond acceptors (Lipinski definition) is 4. The van der Waals surface area contributed by atoms with Gasteiger partial charge in [0.25, 0.3) is 0 Å². The van der Waals surface area contributed by atoms with Crippen LogP contribution >= 0.6 is 11.6 Å². The maximum absolute atomic E-state index is 13.6. The molecule has 0 amide bonds. The maximum Gasteiger partial charge on any atom is 0.149 e. The number of anilines is 4. The highest BCUT2D eigenvalue weighted by molar-refractivity contribution is 6.30. The Morgan fingerprint density at radius 2 is 1.52 bits per heavy atom. The lowest BCUT2D eigenvalue weighted by molar-refractivity contribution is 0.586. The second-order valence-corrected chi connectivity index (χ2v) is 5.11. The van der Waals surface area contributed by atoms with E-state index in [1.54, 1.807) is 30.3 Å². The zero-order chi connectivity index (χ0) is 16.2. The minimum absolute atomic E-state index is 0.127. The van der Waals surface area contributed by atoms with E-state index in [-0.39, 0.29) is 5.69 Å². The van der Waals surface area contributed by atoms with E-state index in [0.717, 1.165) is 11.8 Å². The molecule has 23 heavy (non-hydrogen) atoms. The third kappa shape index (κ3) is 3.92. The van der Waals surface area contributed by atoms with Crippen molar-refractivity contribution in [3.63, 3.8) is 0 Å². The second-order valence-electron chi connectivity index (χ2n) is 4.67. The molecule has 7 heteroatoms. The highest BCUT2D eigenvalue weighted by Crippen LogP contribution is 2.22. The molecule has 0 saturated heterocycles. The summed E-state index contributed by atoms with van der Waals surface area (Å²) in [7, 11) is 0. The van der Waals surface area contributed by atoms with E-state index in [1.165, 1.54) is 18.5 Å². The Hall–Kier alpha value is -2.73. The molecule has 0 atom stereocenters. The number of rotatable bonds is 4. The molecule has 3 rings (SSSR count). The van der Waals surface area contributed by atoms with Gasteiger partial charge in [-0.05, 0) is 36.4 Å². The molecule has 2 aromatic carbocycles. The monoisotopic (exact) mass is 332 g/mol. The van der Waals surface area contributed by atoms with Crippen LogP contribution in [0.1, 0.15) is 0 Å². The van der Waals surface area contributed by atoms with Crippen LogP contribution in [0.15, 0.2) is 54.9 Å². The summed E-state index contributed by atoms with van der Waals surface area (Å²) in [4.78, 5) is 8.10. The summed E-state index contributed by atoms with van der Waals surface area (Å²) in [5.41, 5.74) is 0.926. The first-order chi connectivity index (χ1) is 11.1. The van der Waals surface area contributed by atoms with Crippen molar-refractivity contribution in [1.82, 2.24) is 9.97 Å². The van der Waals surface area contributed by atoms with Gasteiger partial charge in [-0.15, -0.1) is 0 Å². The lowest BCUT2D eigenvalue weighted by atomic mass is 10.3. The van der Waals surface area contributed by atoms with Crippen LogP contribution in [0.4, 0.5) is 31.8 Å². The van der Waals surface area contributed by atoms with Gasteiger partial charge >= 0.3 is 0 Å². The quantitative estimate of drug-likeness (QED) is 0.713. The number of nitrogens with one attached hydrogen (secondary N) is 2. The Bertz CT molecular complexity index is 825. The summed E-state index contributed by atoms with van der Waals surface area (Å²) in [6.07, 6.45) is 1.34. The molecule has 0 bridgehead atoms. The van der Waals surface area contributed by atoms with Gasteiger partial charge in [0.15, 0.2) is 0 Å². The lowest BCUT2D eigenvalue weighted by Gasteiger charge is -2.09. The fourth-order valence-electron chi connectivity index (χ4n) is 1.90. The molecule has 0 aliphatic rings. The second kappa shape index (κ2) is 6.58. The van der Waals surface area contributed by atoms with Gasteiger partial charge in [0.1, 0.15) is 29.6 Å². The molecular weight excluding hydrogens is 322 g/mol.